The van der Waals surface area contributed by atoms with E-state index in [9.17, 15) is 0 Å². The van der Waals surface area contributed by atoms with Crippen molar-refractivity contribution in [2.45, 2.75) is 9.79 Å². The number of nitrogens with zero attached hydrogens (tertiary/aromatic N) is 4. The van der Waals surface area contributed by atoms with E-state index in [0.29, 0.717) is 17.5 Å². The highest BCUT2D eigenvalue weighted by molar-refractivity contribution is 7.99. The molecule has 9 aromatic rings. The number of hydrogen-bond acceptors (Lipinski definition) is 5. The van der Waals surface area contributed by atoms with Crippen LogP contribution < -0.4 is 4.90 Å². The van der Waals surface area contributed by atoms with Crippen molar-refractivity contribution in [2.24, 2.45) is 0 Å². The molecule has 0 fully saturated rings. The molecule has 10 rings (SSSR count). The van der Waals surface area contributed by atoms with Crippen molar-refractivity contribution in [3.8, 4) is 56.4 Å². The van der Waals surface area contributed by atoms with E-state index in [2.05, 4.69) is 175 Å². The second kappa shape index (κ2) is 13.6. The van der Waals surface area contributed by atoms with E-state index in [0.717, 1.165) is 44.9 Å². The van der Waals surface area contributed by atoms with Gasteiger partial charge in [-0.2, -0.15) is 0 Å². The Bertz CT molecular complexity index is 2750. The third-order valence-electron chi connectivity index (χ3n) is 9.89. The quantitative estimate of drug-likeness (QED) is 0.165. The molecule has 0 radical (unpaired) electrons. The molecule has 1 aliphatic heterocycles. The third kappa shape index (κ3) is 5.81. The van der Waals surface area contributed by atoms with Gasteiger partial charge in [-0.1, -0.05) is 157 Å². The van der Waals surface area contributed by atoms with Crippen molar-refractivity contribution in [3.63, 3.8) is 0 Å². The van der Waals surface area contributed by atoms with Crippen LogP contribution in [0.15, 0.2) is 204 Å². The highest BCUT2D eigenvalue weighted by Crippen LogP contribution is 2.51. The molecule has 0 spiro atoms. The molecule has 0 aliphatic carbocycles. The van der Waals surface area contributed by atoms with Crippen molar-refractivity contribution in [3.05, 3.63) is 194 Å². The van der Waals surface area contributed by atoms with Crippen LogP contribution in [-0.4, -0.2) is 15.0 Å². The predicted octanol–water partition coefficient (Wildman–Crippen LogP) is 13.3. The van der Waals surface area contributed by atoms with Crippen LogP contribution in [0.5, 0.6) is 0 Å². The summed E-state index contributed by atoms with van der Waals surface area (Å²) in [5, 5.41) is 2.48. The number of fused-ring (bicyclic) bond motifs is 2. The molecule has 0 bridgehead atoms. The molecule has 0 saturated carbocycles. The number of benzene rings is 8. The number of rotatable bonds is 7. The van der Waals surface area contributed by atoms with E-state index in [1.54, 1.807) is 11.8 Å². The molecule has 54 heavy (non-hydrogen) atoms. The number of hydrogen-bond donors (Lipinski definition) is 0. The number of aromatic nitrogens is 3. The second-order valence-electron chi connectivity index (χ2n) is 13.2. The van der Waals surface area contributed by atoms with Gasteiger partial charge >= 0.3 is 0 Å². The first-order valence-corrected chi connectivity index (χ1v) is 18.8. The van der Waals surface area contributed by atoms with Crippen molar-refractivity contribution in [1.82, 2.24) is 15.0 Å². The van der Waals surface area contributed by atoms with E-state index < -0.39 is 0 Å². The topological polar surface area (TPSA) is 41.9 Å². The third-order valence-corrected chi connectivity index (χ3v) is 11.0. The fourth-order valence-corrected chi connectivity index (χ4v) is 8.52. The van der Waals surface area contributed by atoms with Gasteiger partial charge < -0.3 is 4.90 Å². The minimum absolute atomic E-state index is 0.644. The molecule has 0 saturated heterocycles. The summed E-state index contributed by atoms with van der Waals surface area (Å²) in [7, 11) is 0. The summed E-state index contributed by atoms with van der Waals surface area (Å²) >= 11 is 1.81. The molecular formula is C49H32N4S. The summed E-state index contributed by atoms with van der Waals surface area (Å²) in [6.07, 6.45) is 0. The van der Waals surface area contributed by atoms with Crippen molar-refractivity contribution < 1.29 is 0 Å². The summed E-state index contributed by atoms with van der Waals surface area (Å²) in [5.41, 5.74) is 10.9. The molecule has 1 aliphatic rings. The molecule has 4 nitrogen and oxygen atoms in total. The van der Waals surface area contributed by atoms with Crippen LogP contribution in [-0.2, 0) is 0 Å². The van der Waals surface area contributed by atoms with Gasteiger partial charge in [-0.25, -0.2) is 15.0 Å². The van der Waals surface area contributed by atoms with Gasteiger partial charge in [0.1, 0.15) is 0 Å². The van der Waals surface area contributed by atoms with Gasteiger partial charge in [0, 0.05) is 48.6 Å². The maximum atomic E-state index is 5.12. The van der Waals surface area contributed by atoms with E-state index in [4.69, 9.17) is 15.0 Å². The Hall–Kier alpha value is -6.82. The molecule has 254 valence electrons. The maximum Gasteiger partial charge on any atom is 0.164 e. The molecule has 1 aromatic heterocycles. The number of anilines is 3. The Labute approximate surface area is 318 Å². The van der Waals surface area contributed by atoms with E-state index in [1.807, 2.05) is 24.3 Å². The Balaban J connectivity index is 1.09. The molecule has 0 unspecified atom stereocenters. The Kier molecular flexibility index (Phi) is 8.04. The van der Waals surface area contributed by atoms with Crippen LogP contribution in [0.3, 0.4) is 0 Å². The summed E-state index contributed by atoms with van der Waals surface area (Å²) < 4.78 is 0. The lowest BCUT2D eigenvalue weighted by molar-refractivity contribution is 1.07. The molecule has 5 heteroatoms. The van der Waals surface area contributed by atoms with Crippen LogP contribution in [0.25, 0.3) is 67.2 Å². The Morgan fingerprint density at radius 2 is 0.889 bits per heavy atom. The Morgan fingerprint density at radius 3 is 1.56 bits per heavy atom. The van der Waals surface area contributed by atoms with Crippen LogP contribution in [0, 0.1) is 0 Å². The van der Waals surface area contributed by atoms with Gasteiger partial charge in [0.05, 0.1) is 5.69 Å². The molecular weight excluding hydrogens is 677 g/mol. The lowest BCUT2D eigenvalue weighted by atomic mass is 9.95. The van der Waals surface area contributed by atoms with Gasteiger partial charge in [0.15, 0.2) is 17.5 Å². The first-order chi connectivity index (χ1) is 26.8. The van der Waals surface area contributed by atoms with Gasteiger partial charge in [-0.05, 0) is 70.8 Å². The smallest absolute Gasteiger partial charge is 0.164 e. The van der Waals surface area contributed by atoms with Crippen LogP contribution in [0.1, 0.15) is 0 Å². The zero-order chi connectivity index (χ0) is 35.8. The lowest BCUT2D eigenvalue weighted by Crippen LogP contribution is -2.10. The predicted molar refractivity (Wildman–Crippen MR) is 223 cm³/mol. The van der Waals surface area contributed by atoms with E-state index in [-0.39, 0.29) is 0 Å². The maximum absolute atomic E-state index is 5.12. The average Bonchev–Trinajstić information content (AvgIpc) is 3.25. The fourth-order valence-electron chi connectivity index (χ4n) is 7.35. The first-order valence-electron chi connectivity index (χ1n) is 18.0. The molecule has 2 heterocycles. The van der Waals surface area contributed by atoms with Crippen molar-refractivity contribution in [1.29, 1.82) is 0 Å². The summed E-state index contributed by atoms with van der Waals surface area (Å²) in [6, 6.07) is 68.0. The highest BCUT2D eigenvalue weighted by atomic mass is 32.2. The molecule has 0 atom stereocenters. The minimum atomic E-state index is 0.644. The van der Waals surface area contributed by atoms with Crippen molar-refractivity contribution >= 4 is 39.6 Å². The van der Waals surface area contributed by atoms with Crippen LogP contribution in [0.2, 0.25) is 0 Å². The summed E-state index contributed by atoms with van der Waals surface area (Å²) in [6.45, 7) is 0. The SMILES string of the molecule is c1ccc(-c2cccc(-c3nc(-c4ccccc4)nc(-c4ccc5c(c4)Sc4ccc(N(c6ccccc6)c6ccccc6)c6cccc-5c46)n3)c2)cc1. The molecule has 8 aromatic carbocycles. The minimum Gasteiger partial charge on any atom is -0.310 e. The van der Waals surface area contributed by atoms with Gasteiger partial charge in [-0.3, -0.25) is 0 Å². The van der Waals surface area contributed by atoms with Gasteiger partial charge in [-0.15, -0.1) is 0 Å². The molecule has 0 amide bonds. The monoisotopic (exact) mass is 708 g/mol. The highest BCUT2D eigenvalue weighted by Gasteiger charge is 2.24. The number of para-hydroxylation sites is 2. The lowest BCUT2D eigenvalue weighted by Gasteiger charge is -2.29. The van der Waals surface area contributed by atoms with Crippen LogP contribution >= 0.6 is 11.8 Å². The van der Waals surface area contributed by atoms with E-state index in [1.165, 1.54) is 31.7 Å². The van der Waals surface area contributed by atoms with Crippen LogP contribution in [0.4, 0.5) is 17.1 Å². The second-order valence-corrected chi connectivity index (χ2v) is 14.3. The largest absolute Gasteiger partial charge is 0.310 e. The fraction of sp³-hybridized carbons (Fsp3) is 0. The van der Waals surface area contributed by atoms with Gasteiger partial charge in [0.25, 0.3) is 0 Å². The summed E-state index contributed by atoms with van der Waals surface area (Å²) in [4.78, 5) is 20.0. The van der Waals surface area contributed by atoms with Crippen molar-refractivity contribution in [2.75, 3.05) is 4.90 Å². The average molecular weight is 709 g/mol. The standard InChI is InChI=1S/C49H32N4S/c1-5-15-33(16-6-1)35-19-13-20-36(31-35)48-50-47(34-17-7-2-8-18-34)51-49(52-48)37-27-28-40-41-25-14-26-42-43(29-30-44(46(41)42)54-45(40)32-37)53(38-21-9-3-10-22-38)39-23-11-4-12-24-39/h1-32H. The van der Waals surface area contributed by atoms with Gasteiger partial charge in [0.2, 0.25) is 0 Å². The zero-order valence-electron chi connectivity index (χ0n) is 29.2. The summed E-state index contributed by atoms with van der Waals surface area (Å²) in [5.74, 6) is 1.94. The normalized spacial score (nSPS) is 11.6. The Morgan fingerprint density at radius 1 is 0.352 bits per heavy atom. The van der Waals surface area contributed by atoms with E-state index >= 15 is 0 Å². The molecule has 0 N–H and O–H groups in total. The zero-order valence-corrected chi connectivity index (χ0v) is 30.0. The first kappa shape index (κ1) is 31.9.